The molecule has 2 aromatic rings. The molecule has 0 saturated heterocycles. The molecule has 2 aromatic carbocycles. The van der Waals surface area contributed by atoms with E-state index in [1.165, 1.54) is 32.4 Å². The van der Waals surface area contributed by atoms with Crippen LogP contribution in [0.1, 0.15) is 10.4 Å². The summed E-state index contributed by atoms with van der Waals surface area (Å²) in [6.45, 7) is 0. The maximum atomic E-state index is 12.1. The van der Waals surface area contributed by atoms with Gasteiger partial charge < -0.3 is 25.0 Å². The van der Waals surface area contributed by atoms with Crippen LogP contribution in [0.5, 0.6) is 23.0 Å². The zero-order chi connectivity index (χ0) is 15.4. The number of rotatable bonds is 4. The number of methoxy groups -OCH3 is 2. The molecule has 3 N–H and O–H groups in total. The second kappa shape index (κ2) is 6.04. The second-order valence-electron chi connectivity index (χ2n) is 4.22. The fourth-order valence-electron chi connectivity index (χ4n) is 1.76. The van der Waals surface area contributed by atoms with Gasteiger partial charge in [0, 0.05) is 11.6 Å². The number of aromatic hydroxyl groups is 2. The standard InChI is InChI=1S/C15H15NO5/c1-20-10-4-5-11(14(8-10)21-2)16-15(19)9-3-6-12(17)13(18)7-9/h3-8,17-18H,1-2H3,(H,16,19). The van der Waals surface area contributed by atoms with Crippen LogP contribution in [0, 0.1) is 0 Å². The number of nitrogens with one attached hydrogen (secondary N) is 1. The highest BCUT2D eigenvalue weighted by Gasteiger charge is 2.12. The highest BCUT2D eigenvalue weighted by atomic mass is 16.5. The van der Waals surface area contributed by atoms with Gasteiger partial charge in [-0.25, -0.2) is 0 Å². The van der Waals surface area contributed by atoms with E-state index in [1.807, 2.05) is 0 Å². The van der Waals surface area contributed by atoms with Gasteiger partial charge in [-0.15, -0.1) is 0 Å². The normalized spacial score (nSPS) is 10.0. The summed E-state index contributed by atoms with van der Waals surface area (Å²) < 4.78 is 10.3. The fraction of sp³-hybridized carbons (Fsp3) is 0.133. The highest BCUT2D eigenvalue weighted by Crippen LogP contribution is 2.30. The van der Waals surface area contributed by atoms with Crippen LogP contribution in [-0.4, -0.2) is 30.3 Å². The minimum atomic E-state index is -0.436. The Morgan fingerprint density at radius 1 is 1.00 bits per heavy atom. The van der Waals surface area contributed by atoms with Crippen molar-refractivity contribution in [1.82, 2.24) is 0 Å². The van der Waals surface area contributed by atoms with E-state index in [9.17, 15) is 15.0 Å². The average molecular weight is 289 g/mol. The summed E-state index contributed by atoms with van der Waals surface area (Å²) >= 11 is 0. The summed E-state index contributed by atoms with van der Waals surface area (Å²) in [6, 6.07) is 8.81. The van der Waals surface area contributed by atoms with E-state index < -0.39 is 5.91 Å². The SMILES string of the molecule is COc1ccc(NC(=O)c2ccc(O)c(O)c2)c(OC)c1. The summed E-state index contributed by atoms with van der Waals surface area (Å²) in [5.41, 5.74) is 0.680. The molecule has 6 nitrogen and oxygen atoms in total. The van der Waals surface area contributed by atoms with Crippen molar-refractivity contribution in [2.45, 2.75) is 0 Å². The molecule has 0 aliphatic carbocycles. The van der Waals surface area contributed by atoms with Gasteiger partial charge in [-0.05, 0) is 30.3 Å². The van der Waals surface area contributed by atoms with E-state index in [4.69, 9.17) is 9.47 Å². The Balaban J connectivity index is 2.24. The molecule has 0 aliphatic heterocycles. The van der Waals surface area contributed by atoms with E-state index in [1.54, 1.807) is 18.2 Å². The van der Waals surface area contributed by atoms with Gasteiger partial charge in [0.2, 0.25) is 0 Å². The number of benzene rings is 2. The zero-order valence-electron chi connectivity index (χ0n) is 11.6. The van der Waals surface area contributed by atoms with Gasteiger partial charge in [0.1, 0.15) is 11.5 Å². The van der Waals surface area contributed by atoms with E-state index in [0.717, 1.165) is 0 Å². The molecule has 0 spiro atoms. The first-order valence-electron chi connectivity index (χ1n) is 6.10. The van der Waals surface area contributed by atoms with Crippen LogP contribution in [0.2, 0.25) is 0 Å². The van der Waals surface area contributed by atoms with Crippen LogP contribution in [-0.2, 0) is 0 Å². The van der Waals surface area contributed by atoms with Gasteiger partial charge in [-0.2, -0.15) is 0 Å². The van der Waals surface area contributed by atoms with Crippen molar-refractivity contribution in [2.75, 3.05) is 19.5 Å². The molecule has 21 heavy (non-hydrogen) atoms. The lowest BCUT2D eigenvalue weighted by Crippen LogP contribution is -2.12. The number of ether oxygens (including phenoxy) is 2. The number of anilines is 1. The van der Waals surface area contributed by atoms with Crippen molar-refractivity contribution in [2.24, 2.45) is 0 Å². The third-order valence-electron chi connectivity index (χ3n) is 2.89. The Bertz CT molecular complexity index is 669. The van der Waals surface area contributed by atoms with Crippen LogP contribution in [0.4, 0.5) is 5.69 Å². The number of hydrogen-bond donors (Lipinski definition) is 3. The molecule has 0 saturated carbocycles. The topological polar surface area (TPSA) is 88.0 Å². The molecule has 0 atom stereocenters. The predicted octanol–water partition coefficient (Wildman–Crippen LogP) is 2.37. The fourth-order valence-corrected chi connectivity index (χ4v) is 1.76. The molecule has 0 aromatic heterocycles. The third kappa shape index (κ3) is 3.17. The van der Waals surface area contributed by atoms with Crippen LogP contribution < -0.4 is 14.8 Å². The molecule has 0 unspecified atom stereocenters. The summed E-state index contributed by atoms with van der Waals surface area (Å²) in [4.78, 5) is 12.1. The van der Waals surface area contributed by atoms with E-state index in [-0.39, 0.29) is 17.1 Å². The summed E-state index contributed by atoms with van der Waals surface area (Å²) in [7, 11) is 3.02. The molecule has 110 valence electrons. The maximum absolute atomic E-state index is 12.1. The first kappa shape index (κ1) is 14.5. The van der Waals surface area contributed by atoms with E-state index >= 15 is 0 Å². The minimum Gasteiger partial charge on any atom is -0.504 e. The Morgan fingerprint density at radius 3 is 2.38 bits per heavy atom. The number of carbonyl (C=O) groups is 1. The highest BCUT2D eigenvalue weighted by molar-refractivity contribution is 6.05. The lowest BCUT2D eigenvalue weighted by atomic mass is 10.2. The molecular formula is C15H15NO5. The first-order valence-corrected chi connectivity index (χ1v) is 6.10. The summed E-state index contributed by atoms with van der Waals surface area (Å²) in [5.74, 6) is -0.0236. The molecule has 0 bridgehead atoms. The molecule has 0 radical (unpaired) electrons. The molecule has 6 heteroatoms. The monoisotopic (exact) mass is 289 g/mol. The van der Waals surface area contributed by atoms with Gasteiger partial charge in [-0.3, -0.25) is 4.79 Å². The zero-order valence-corrected chi connectivity index (χ0v) is 11.6. The largest absolute Gasteiger partial charge is 0.504 e. The van der Waals surface area contributed by atoms with Crippen molar-refractivity contribution in [3.05, 3.63) is 42.0 Å². The van der Waals surface area contributed by atoms with Crippen molar-refractivity contribution >= 4 is 11.6 Å². The van der Waals surface area contributed by atoms with Crippen LogP contribution in [0.3, 0.4) is 0 Å². The van der Waals surface area contributed by atoms with Gasteiger partial charge in [-0.1, -0.05) is 0 Å². The lowest BCUT2D eigenvalue weighted by molar-refractivity contribution is 0.102. The van der Waals surface area contributed by atoms with Crippen LogP contribution in [0.15, 0.2) is 36.4 Å². The van der Waals surface area contributed by atoms with Gasteiger partial charge in [0.05, 0.1) is 19.9 Å². The number of phenols is 2. The third-order valence-corrected chi connectivity index (χ3v) is 2.89. The molecule has 2 rings (SSSR count). The number of amides is 1. The molecule has 0 fully saturated rings. The Labute approximate surface area is 121 Å². The van der Waals surface area contributed by atoms with Crippen molar-refractivity contribution in [3.63, 3.8) is 0 Å². The molecule has 0 aliphatic rings. The summed E-state index contributed by atoms with van der Waals surface area (Å²) in [6.07, 6.45) is 0. The smallest absolute Gasteiger partial charge is 0.255 e. The quantitative estimate of drug-likeness (QED) is 0.752. The molecule has 0 heterocycles. The molecular weight excluding hydrogens is 274 g/mol. The average Bonchev–Trinajstić information content (AvgIpc) is 2.50. The first-order chi connectivity index (χ1) is 10.0. The van der Waals surface area contributed by atoms with Gasteiger partial charge >= 0.3 is 0 Å². The number of carbonyl (C=O) groups excluding carboxylic acids is 1. The van der Waals surface area contributed by atoms with Crippen molar-refractivity contribution in [1.29, 1.82) is 0 Å². The van der Waals surface area contributed by atoms with E-state index in [0.29, 0.717) is 17.2 Å². The number of phenolic OH excluding ortho intramolecular Hbond substituents is 2. The minimum absolute atomic E-state index is 0.211. The van der Waals surface area contributed by atoms with Gasteiger partial charge in [0.15, 0.2) is 11.5 Å². The lowest BCUT2D eigenvalue weighted by Gasteiger charge is -2.12. The second-order valence-corrected chi connectivity index (χ2v) is 4.22. The van der Waals surface area contributed by atoms with Crippen LogP contribution in [0.25, 0.3) is 0 Å². The Morgan fingerprint density at radius 2 is 1.76 bits per heavy atom. The maximum Gasteiger partial charge on any atom is 0.255 e. The molecule has 1 amide bonds. The van der Waals surface area contributed by atoms with Crippen molar-refractivity contribution < 1.29 is 24.5 Å². The van der Waals surface area contributed by atoms with Crippen LogP contribution >= 0.6 is 0 Å². The predicted molar refractivity (Wildman–Crippen MR) is 77.3 cm³/mol. The van der Waals surface area contributed by atoms with E-state index in [2.05, 4.69) is 5.32 Å². The Kier molecular flexibility index (Phi) is 4.18. The van der Waals surface area contributed by atoms with Crippen molar-refractivity contribution in [3.8, 4) is 23.0 Å². The summed E-state index contributed by atoms with van der Waals surface area (Å²) in [5, 5.41) is 21.3. The van der Waals surface area contributed by atoms with Gasteiger partial charge in [0.25, 0.3) is 5.91 Å². The number of hydrogen-bond acceptors (Lipinski definition) is 5. The Hall–Kier alpha value is -2.89.